The zero-order valence-corrected chi connectivity index (χ0v) is 10.7. The van der Waals surface area contributed by atoms with Gasteiger partial charge >= 0.3 is 0 Å². The number of hydrogen-bond acceptors (Lipinski definition) is 3. The molecule has 0 saturated heterocycles. The average Bonchev–Trinajstić information content (AvgIpc) is 2.37. The lowest BCUT2D eigenvalue weighted by molar-refractivity contribution is -0.0801. The predicted molar refractivity (Wildman–Crippen MR) is 69.7 cm³/mol. The molecule has 0 aromatic heterocycles. The standard InChI is InChI=1S/C14H23NO2/c1-3-7-13(10-15)14(16,11-17-2)12-8-5-4-6-9-12/h4-6,8-9,13,16H,3,7,10-11,15H2,1-2H3. The molecule has 3 heteroatoms. The molecule has 0 aliphatic carbocycles. The number of hydrogen-bond donors (Lipinski definition) is 2. The Bertz CT molecular complexity index is 315. The van der Waals surface area contributed by atoms with Crippen molar-refractivity contribution in [1.82, 2.24) is 0 Å². The Morgan fingerprint density at radius 3 is 2.47 bits per heavy atom. The first-order valence-corrected chi connectivity index (χ1v) is 6.16. The highest BCUT2D eigenvalue weighted by Gasteiger charge is 2.37. The molecule has 0 saturated carbocycles. The lowest BCUT2D eigenvalue weighted by Gasteiger charge is -2.35. The summed E-state index contributed by atoms with van der Waals surface area (Å²) in [5.74, 6) is 0.0230. The largest absolute Gasteiger partial charge is 0.382 e. The van der Waals surface area contributed by atoms with Crippen LogP contribution in [0.1, 0.15) is 25.3 Å². The van der Waals surface area contributed by atoms with Gasteiger partial charge in [0.15, 0.2) is 0 Å². The van der Waals surface area contributed by atoms with Gasteiger partial charge in [0.1, 0.15) is 5.60 Å². The monoisotopic (exact) mass is 237 g/mol. The molecule has 1 rings (SSSR count). The number of ether oxygens (including phenoxy) is 1. The lowest BCUT2D eigenvalue weighted by atomic mass is 9.79. The van der Waals surface area contributed by atoms with E-state index < -0.39 is 5.60 Å². The van der Waals surface area contributed by atoms with Gasteiger partial charge in [-0.15, -0.1) is 0 Å². The Morgan fingerprint density at radius 2 is 2.00 bits per heavy atom. The van der Waals surface area contributed by atoms with E-state index in [-0.39, 0.29) is 12.5 Å². The average molecular weight is 237 g/mol. The van der Waals surface area contributed by atoms with Gasteiger partial charge in [0.2, 0.25) is 0 Å². The van der Waals surface area contributed by atoms with Crippen LogP contribution in [-0.4, -0.2) is 25.4 Å². The summed E-state index contributed by atoms with van der Waals surface area (Å²) in [5.41, 5.74) is 5.69. The highest BCUT2D eigenvalue weighted by molar-refractivity contribution is 5.23. The van der Waals surface area contributed by atoms with Crippen molar-refractivity contribution in [2.45, 2.75) is 25.4 Å². The second-order valence-corrected chi connectivity index (χ2v) is 4.44. The SMILES string of the molecule is CCCC(CN)C(O)(COC)c1ccccc1. The molecule has 96 valence electrons. The minimum Gasteiger partial charge on any atom is -0.382 e. The van der Waals surface area contributed by atoms with Crippen molar-refractivity contribution in [1.29, 1.82) is 0 Å². The van der Waals surface area contributed by atoms with E-state index in [4.69, 9.17) is 10.5 Å². The van der Waals surface area contributed by atoms with Crippen LogP contribution in [0.2, 0.25) is 0 Å². The molecule has 0 spiro atoms. The third-order valence-electron chi connectivity index (χ3n) is 3.24. The Balaban J connectivity index is 3.03. The van der Waals surface area contributed by atoms with Gasteiger partial charge < -0.3 is 15.6 Å². The van der Waals surface area contributed by atoms with E-state index in [1.165, 1.54) is 0 Å². The van der Waals surface area contributed by atoms with Crippen molar-refractivity contribution < 1.29 is 9.84 Å². The van der Waals surface area contributed by atoms with Crippen molar-refractivity contribution in [3.8, 4) is 0 Å². The van der Waals surface area contributed by atoms with Gasteiger partial charge in [-0.1, -0.05) is 43.7 Å². The molecule has 3 N–H and O–H groups in total. The van der Waals surface area contributed by atoms with Crippen LogP contribution in [0.25, 0.3) is 0 Å². The summed E-state index contributed by atoms with van der Waals surface area (Å²) in [4.78, 5) is 0. The first-order valence-electron chi connectivity index (χ1n) is 6.16. The van der Waals surface area contributed by atoms with Gasteiger partial charge in [-0.3, -0.25) is 0 Å². The number of methoxy groups -OCH3 is 1. The van der Waals surface area contributed by atoms with Gasteiger partial charge in [0.05, 0.1) is 6.61 Å². The molecular weight excluding hydrogens is 214 g/mol. The predicted octanol–water partition coefficient (Wildman–Crippen LogP) is 1.90. The van der Waals surface area contributed by atoms with Crippen molar-refractivity contribution in [3.63, 3.8) is 0 Å². The molecule has 2 unspecified atom stereocenters. The first-order chi connectivity index (χ1) is 8.19. The van der Waals surface area contributed by atoms with Crippen LogP contribution >= 0.6 is 0 Å². The summed E-state index contributed by atoms with van der Waals surface area (Å²) in [5, 5.41) is 10.9. The minimum atomic E-state index is -0.985. The van der Waals surface area contributed by atoms with Crippen molar-refractivity contribution in [2.75, 3.05) is 20.3 Å². The Hall–Kier alpha value is -0.900. The fraction of sp³-hybridized carbons (Fsp3) is 0.571. The van der Waals surface area contributed by atoms with Gasteiger partial charge in [-0.2, -0.15) is 0 Å². The summed E-state index contributed by atoms with van der Waals surface area (Å²) in [6.07, 6.45) is 1.89. The molecule has 17 heavy (non-hydrogen) atoms. The van der Waals surface area contributed by atoms with E-state index in [0.29, 0.717) is 6.54 Å². The van der Waals surface area contributed by atoms with E-state index in [0.717, 1.165) is 18.4 Å². The Kier molecular flexibility index (Phi) is 5.62. The van der Waals surface area contributed by atoms with Crippen molar-refractivity contribution in [2.24, 2.45) is 11.7 Å². The number of nitrogens with two attached hydrogens (primary N) is 1. The molecule has 2 atom stereocenters. The van der Waals surface area contributed by atoms with Crippen LogP contribution in [0.4, 0.5) is 0 Å². The van der Waals surface area contributed by atoms with Gasteiger partial charge in [0.25, 0.3) is 0 Å². The van der Waals surface area contributed by atoms with E-state index >= 15 is 0 Å². The van der Waals surface area contributed by atoms with Crippen LogP contribution in [0.3, 0.4) is 0 Å². The van der Waals surface area contributed by atoms with Crippen LogP contribution in [-0.2, 0) is 10.3 Å². The maximum atomic E-state index is 10.9. The summed E-state index contributed by atoms with van der Waals surface area (Å²) < 4.78 is 5.18. The molecular formula is C14H23NO2. The third kappa shape index (κ3) is 3.28. The van der Waals surface area contributed by atoms with Crippen LogP contribution in [0.5, 0.6) is 0 Å². The number of benzene rings is 1. The molecule has 3 nitrogen and oxygen atoms in total. The van der Waals surface area contributed by atoms with E-state index in [1.807, 2.05) is 30.3 Å². The zero-order valence-electron chi connectivity index (χ0n) is 10.7. The van der Waals surface area contributed by atoms with E-state index in [2.05, 4.69) is 6.92 Å². The van der Waals surface area contributed by atoms with Crippen LogP contribution < -0.4 is 5.73 Å². The van der Waals surface area contributed by atoms with Gasteiger partial charge in [0, 0.05) is 13.0 Å². The van der Waals surface area contributed by atoms with Gasteiger partial charge in [-0.05, 0) is 18.5 Å². The zero-order chi connectivity index (χ0) is 12.7. The highest BCUT2D eigenvalue weighted by atomic mass is 16.5. The fourth-order valence-electron chi connectivity index (χ4n) is 2.28. The fourth-order valence-corrected chi connectivity index (χ4v) is 2.28. The van der Waals surface area contributed by atoms with Crippen molar-refractivity contribution >= 4 is 0 Å². The third-order valence-corrected chi connectivity index (χ3v) is 3.24. The molecule has 1 aromatic carbocycles. The van der Waals surface area contributed by atoms with Crippen LogP contribution in [0, 0.1) is 5.92 Å². The lowest BCUT2D eigenvalue weighted by Crippen LogP contribution is -2.43. The molecule has 0 aliphatic heterocycles. The minimum absolute atomic E-state index is 0.0230. The molecule has 0 fully saturated rings. The number of rotatable bonds is 7. The summed E-state index contributed by atoms with van der Waals surface area (Å²) in [7, 11) is 1.60. The summed E-state index contributed by atoms with van der Waals surface area (Å²) in [6.45, 7) is 2.84. The first kappa shape index (κ1) is 14.2. The number of aliphatic hydroxyl groups is 1. The Labute approximate surface area is 104 Å². The van der Waals surface area contributed by atoms with Crippen LogP contribution in [0.15, 0.2) is 30.3 Å². The van der Waals surface area contributed by atoms with Crippen molar-refractivity contribution in [3.05, 3.63) is 35.9 Å². The smallest absolute Gasteiger partial charge is 0.117 e. The molecule has 0 amide bonds. The molecule has 0 aliphatic rings. The highest BCUT2D eigenvalue weighted by Crippen LogP contribution is 2.32. The van der Waals surface area contributed by atoms with E-state index in [9.17, 15) is 5.11 Å². The molecule has 0 bridgehead atoms. The normalized spacial score (nSPS) is 16.5. The second kappa shape index (κ2) is 6.74. The van der Waals surface area contributed by atoms with Gasteiger partial charge in [-0.25, -0.2) is 0 Å². The van der Waals surface area contributed by atoms with E-state index in [1.54, 1.807) is 7.11 Å². The summed E-state index contributed by atoms with van der Waals surface area (Å²) >= 11 is 0. The maximum Gasteiger partial charge on any atom is 0.117 e. The maximum absolute atomic E-state index is 10.9. The molecule has 1 aromatic rings. The second-order valence-electron chi connectivity index (χ2n) is 4.44. The molecule has 0 heterocycles. The quantitative estimate of drug-likeness (QED) is 0.761. The molecule has 0 radical (unpaired) electrons. The summed E-state index contributed by atoms with van der Waals surface area (Å²) in [6, 6.07) is 9.65. The Morgan fingerprint density at radius 1 is 1.35 bits per heavy atom. The topological polar surface area (TPSA) is 55.5 Å².